The first-order valence-electron chi connectivity index (χ1n) is 6.65. The molecule has 0 spiro atoms. The number of rotatable bonds is 2. The van der Waals surface area contributed by atoms with Crippen molar-refractivity contribution in [3.8, 4) is 10.7 Å². The van der Waals surface area contributed by atoms with E-state index < -0.39 is 0 Å². The first-order chi connectivity index (χ1) is 8.93. The third-order valence-corrected chi connectivity index (χ3v) is 4.85. The maximum Gasteiger partial charge on any atom is 0.251 e. The molecule has 0 atom stereocenters. The number of H-pyrrole nitrogens is 1. The van der Waals surface area contributed by atoms with E-state index in [2.05, 4.69) is 42.9 Å². The molecule has 1 saturated carbocycles. The molecular formula is C15H18N2OS. The predicted octanol–water partition coefficient (Wildman–Crippen LogP) is 3.67. The van der Waals surface area contributed by atoms with Crippen LogP contribution in [-0.2, 0) is 5.41 Å². The van der Waals surface area contributed by atoms with Crippen molar-refractivity contribution in [2.24, 2.45) is 0 Å². The van der Waals surface area contributed by atoms with Gasteiger partial charge in [0.15, 0.2) is 5.82 Å². The van der Waals surface area contributed by atoms with E-state index in [-0.39, 0.29) is 11.0 Å². The second-order valence-electron chi connectivity index (χ2n) is 6.21. The zero-order valence-corrected chi connectivity index (χ0v) is 12.3. The fraction of sp³-hybridized carbons (Fsp3) is 0.467. The van der Waals surface area contributed by atoms with Gasteiger partial charge in [0.1, 0.15) is 0 Å². The molecule has 3 nitrogen and oxygen atoms in total. The first-order valence-corrected chi connectivity index (χ1v) is 7.47. The van der Waals surface area contributed by atoms with Gasteiger partial charge in [0.25, 0.3) is 5.56 Å². The summed E-state index contributed by atoms with van der Waals surface area (Å²) >= 11 is 1.71. The summed E-state index contributed by atoms with van der Waals surface area (Å²) in [6.45, 7) is 6.58. The number of aromatic nitrogens is 2. The number of nitrogens with one attached hydrogen (secondary N) is 1. The molecule has 1 fully saturated rings. The Kier molecular flexibility index (Phi) is 2.86. The molecule has 0 bridgehead atoms. The average molecular weight is 274 g/mol. The van der Waals surface area contributed by atoms with Gasteiger partial charge in [-0.2, -0.15) is 0 Å². The molecule has 4 heteroatoms. The van der Waals surface area contributed by atoms with Crippen molar-refractivity contribution in [3.63, 3.8) is 0 Å². The van der Waals surface area contributed by atoms with E-state index in [0.29, 0.717) is 5.92 Å². The number of hydrogen-bond acceptors (Lipinski definition) is 3. The molecule has 0 unspecified atom stereocenters. The molecule has 2 aromatic rings. The highest BCUT2D eigenvalue weighted by Gasteiger charge is 2.26. The monoisotopic (exact) mass is 274 g/mol. The van der Waals surface area contributed by atoms with Crippen LogP contribution in [0.3, 0.4) is 0 Å². The van der Waals surface area contributed by atoms with Gasteiger partial charge in [0.2, 0.25) is 0 Å². The second-order valence-corrected chi connectivity index (χ2v) is 7.29. The van der Waals surface area contributed by atoms with Gasteiger partial charge < -0.3 is 4.98 Å². The molecule has 1 N–H and O–H groups in total. The Hall–Kier alpha value is -1.42. The molecule has 2 heterocycles. The van der Waals surface area contributed by atoms with Crippen molar-refractivity contribution in [1.82, 2.24) is 9.97 Å². The Labute approximate surface area is 116 Å². The van der Waals surface area contributed by atoms with Gasteiger partial charge in [-0.1, -0.05) is 20.8 Å². The summed E-state index contributed by atoms with van der Waals surface area (Å²) in [5, 5.41) is 0. The quantitative estimate of drug-likeness (QED) is 0.908. The maximum absolute atomic E-state index is 11.7. The van der Waals surface area contributed by atoms with E-state index in [1.165, 1.54) is 4.88 Å². The molecule has 0 aromatic carbocycles. The first kappa shape index (κ1) is 12.6. The standard InChI is InChI=1S/C15H18N2OS/c1-15(2,3)12-7-6-11(19-12)14-16-10(9-4-5-9)8-13(18)17-14/h6-9H,4-5H2,1-3H3,(H,16,17,18). The number of nitrogens with zero attached hydrogens (tertiary/aromatic N) is 1. The van der Waals surface area contributed by atoms with Gasteiger partial charge in [-0.25, -0.2) is 4.98 Å². The van der Waals surface area contributed by atoms with Crippen molar-refractivity contribution < 1.29 is 0 Å². The molecule has 1 aliphatic carbocycles. The third-order valence-electron chi connectivity index (χ3n) is 3.34. The molecule has 0 saturated heterocycles. The van der Waals surface area contributed by atoms with E-state index in [4.69, 9.17) is 0 Å². The van der Waals surface area contributed by atoms with Crippen LogP contribution in [-0.4, -0.2) is 9.97 Å². The molecule has 0 amide bonds. The van der Waals surface area contributed by atoms with Crippen LogP contribution in [0.1, 0.15) is 50.1 Å². The SMILES string of the molecule is CC(C)(C)c1ccc(-c2nc(C3CC3)cc(=O)[nH]2)s1. The maximum atomic E-state index is 11.7. The van der Waals surface area contributed by atoms with E-state index in [9.17, 15) is 4.79 Å². The minimum absolute atomic E-state index is 0.0439. The van der Waals surface area contributed by atoms with Gasteiger partial charge in [0.05, 0.1) is 10.6 Å². The lowest BCUT2D eigenvalue weighted by molar-refractivity contribution is 0.604. The topological polar surface area (TPSA) is 45.8 Å². The Morgan fingerprint density at radius 2 is 2.05 bits per heavy atom. The molecule has 19 heavy (non-hydrogen) atoms. The van der Waals surface area contributed by atoms with Crippen molar-refractivity contribution in [3.05, 3.63) is 39.1 Å². The fourth-order valence-corrected chi connectivity index (χ4v) is 3.06. The third kappa shape index (κ3) is 2.63. The molecule has 3 rings (SSSR count). The molecule has 0 radical (unpaired) electrons. The summed E-state index contributed by atoms with van der Waals surface area (Å²) in [4.78, 5) is 21.6. The largest absolute Gasteiger partial charge is 0.306 e. The minimum atomic E-state index is -0.0439. The summed E-state index contributed by atoms with van der Waals surface area (Å²) in [6.07, 6.45) is 2.32. The summed E-state index contributed by atoms with van der Waals surface area (Å²) in [5.74, 6) is 1.22. The number of aromatic amines is 1. The predicted molar refractivity (Wildman–Crippen MR) is 78.8 cm³/mol. The fourth-order valence-electron chi connectivity index (χ4n) is 2.05. The Morgan fingerprint density at radius 3 is 2.63 bits per heavy atom. The van der Waals surface area contributed by atoms with Crippen LogP contribution in [0.4, 0.5) is 0 Å². The lowest BCUT2D eigenvalue weighted by atomic mass is 9.95. The summed E-state index contributed by atoms with van der Waals surface area (Å²) < 4.78 is 0. The van der Waals surface area contributed by atoms with Gasteiger partial charge in [0, 0.05) is 16.9 Å². The summed E-state index contributed by atoms with van der Waals surface area (Å²) in [5.41, 5.74) is 1.04. The highest BCUT2D eigenvalue weighted by Crippen LogP contribution is 2.39. The van der Waals surface area contributed by atoms with Gasteiger partial charge in [-0.05, 0) is 30.4 Å². The van der Waals surface area contributed by atoms with Crippen LogP contribution in [0.25, 0.3) is 10.7 Å². The van der Waals surface area contributed by atoms with Crippen molar-refractivity contribution in [2.45, 2.75) is 44.9 Å². The Morgan fingerprint density at radius 1 is 1.32 bits per heavy atom. The van der Waals surface area contributed by atoms with Crippen LogP contribution >= 0.6 is 11.3 Å². The van der Waals surface area contributed by atoms with Crippen molar-refractivity contribution >= 4 is 11.3 Å². The van der Waals surface area contributed by atoms with Crippen LogP contribution in [0.5, 0.6) is 0 Å². The van der Waals surface area contributed by atoms with Crippen molar-refractivity contribution in [1.29, 1.82) is 0 Å². The number of hydrogen-bond donors (Lipinski definition) is 1. The Balaban J connectivity index is 2.02. The van der Waals surface area contributed by atoms with Crippen LogP contribution < -0.4 is 5.56 Å². The minimum Gasteiger partial charge on any atom is -0.306 e. The smallest absolute Gasteiger partial charge is 0.251 e. The lowest BCUT2D eigenvalue weighted by Crippen LogP contribution is -2.09. The van der Waals surface area contributed by atoms with Gasteiger partial charge in [-0.3, -0.25) is 4.79 Å². The van der Waals surface area contributed by atoms with Crippen LogP contribution in [0.15, 0.2) is 23.0 Å². The molecule has 100 valence electrons. The Bertz CT molecular complexity index is 659. The molecular weight excluding hydrogens is 256 g/mol. The highest BCUT2D eigenvalue weighted by molar-refractivity contribution is 7.15. The summed E-state index contributed by atoms with van der Waals surface area (Å²) in [7, 11) is 0. The van der Waals surface area contributed by atoms with Gasteiger partial charge in [-0.15, -0.1) is 11.3 Å². The normalized spacial score (nSPS) is 15.7. The van der Waals surface area contributed by atoms with Crippen LogP contribution in [0, 0.1) is 0 Å². The average Bonchev–Trinajstić information content (AvgIpc) is 3.03. The second kappa shape index (κ2) is 4.30. The zero-order valence-electron chi connectivity index (χ0n) is 11.5. The van der Waals surface area contributed by atoms with Gasteiger partial charge >= 0.3 is 0 Å². The summed E-state index contributed by atoms with van der Waals surface area (Å²) in [6, 6.07) is 5.82. The lowest BCUT2D eigenvalue weighted by Gasteiger charge is -2.15. The van der Waals surface area contributed by atoms with Crippen molar-refractivity contribution in [2.75, 3.05) is 0 Å². The number of thiophene rings is 1. The molecule has 0 aliphatic heterocycles. The molecule has 1 aliphatic rings. The van der Waals surface area contributed by atoms with E-state index in [0.717, 1.165) is 29.2 Å². The molecule has 2 aromatic heterocycles. The highest BCUT2D eigenvalue weighted by atomic mass is 32.1. The van der Waals surface area contributed by atoms with E-state index >= 15 is 0 Å². The van der Waals surface area contributed by atoms with E-state index in [1.807, 2.05) is 0 Å². The zero-order chi connectivity index (χ0) is 13.6. The van der Waals surface area contributed by atoms with E-state index in [1.54, 1.807) is 17.4 Å². The van der Waals surface area contributed by atoms with Crippen LogP contribution in [0.2, 0.25) is 0 Å².